The molecule has 0 aliphatic rings. The van der Waals surface area contributed by atoms with Crippen LogP contribution in [0, 0.1) is 6.92 Å². The molecular formula is C14H21N5S2. The first-order valence-corrected chi connectivity index (χ1v) is 8.58. The zero-order valence-electron chi connectivity index (χ0n) is 12.8. The zero-order chi connectivity index (χ0) is 15.2. The molecule has 2 rings (SSSR count). The minimum atomic E-state index is 0.474. The summed E-state index contributed by atoms with van der Waals surface area (Å²) in [6, 6.07) is 0. The number of aliphatic imine (C=N–C) groups is 1. The van der Waals surface area contributed by atoms with E-state index in [1.165, 1.54) is 4.88 Å². The van der Waals surface area contributed by atoms with Gasteiger partial charge in [0.25, 0.3) is 0 Å². The molecule has 21 heavy (non-hydrogen) atoms. The maximum Gasteiger partial charge on any atom is 0.191 e. The summed E-state index contributed by atoms with van der Waals surface area (Å²) in [6.07, 6.45) is 1.90. The van der Waals surface area contributed by atoms with Gasteiger partial charge in [0.05, 0.1) is 23.8 Å². The third kappa shape index (κ3) is 4.78. The lowest BCUT2D eigenvalue weighted by Crippen LogP contribution is -2.36. The van der Waals surface area contributed by atoms with E-state index in [9.17, 15) is 0 Å². The van der Waals surface area contributed by atoms with Crippen molar-refractivity contribution in [3.05, 3.63) is 32.2 Å². The Morgan fingerprint density at radius 2 is 2.10 bits per heavy atom. The first-order valence-electron chi connectivity index (χ1n) is 6.88. The molecule has 0 amide bonds. The predicted octanol–water partition coefficient (Wildman–Crippen LogP) is 2.90. The van der Waals surface area contributed by atoms with Crippen molar-refractivity contribution >= 4 is 28.6 Å². The molecule has 0 aliphatic heterocycles. The van der Waals surface area contributed by atoms with E-state index in [1.807, 2.05) is 13.1 Å². The zero-order valence-corrected chi connectivity index (χ0v) is 14.4. The summed E-state index contributed by atoms with van der Waals surface area (Å²) in [5.74, 6) is 1.25. The number of thiazole rings is 2. The molecule has 0 aliphatic carbocycles. The molecule has 0 aromatic carbocycles. The maximum absolute atomic E-state index is 4.60. The van der Waals surface area contributed by atoms with Gasteiger partial charge in [-0.3, -0.25) is 4.99 Å². The molecular weight excluding hydrogens is 302 g/mol. The smallest absolute Gasteiger partial charge is 0.191 e. The molecule has 0 bridgehead atoms. The van der Waals surface area contributed by atoms with Crippen molar-refractivity contribution in [2.75, 3.05) is 7.05 Å². The van der Waals surface area contributed by atoms with E-state index in [2.05, 4.69) is 44.8 Å². The third-order valence-corrected chi connectivity index (χ3v) is 4.67. The van der Waals surface area contributed by atoms with Crippen molar-refractivity contribution in [1.82, 2.24) is 20.6 Å². The van der Waals surface area contributed by atoms with Crippen molar-refractivity contribution in [3.63, 3.8) is 0 Å². The van der Waals surface area contributed by atoms with Crippen LogP contribution in [0.3, 0.4) is 0 Å². The van der Waals surface area contributed by atoms with E-state index in [0.717, 1.165) is 28.2 Å². The number of nitrogens with one attached hydrogen (secondary N) is 2. The van der Waals surface area contributed by atoms with E-state index in [0.29, 0.717) is 12.5 Å². The van der Waals surface area contributed by atoms with Crippen LogP contribution >= 0.6 is 22.7 Å². The van der Waals surface area contributed by atoms with Crippen LogP contribution in [0.2, 0.25) is 0 Å². The Morgan fingerprint density at radius 3 is 2.67 bits per heavy atom. The van der Waals surface area contributed by atoms with Gasteiger partial charge in [-0.25, -0.2) is 9.97 Å². The number of nitrogens with zero attached hydrogens (tertiary/aromatic N) is 3. The lowest BCUT2D eigenvalue weighted by molar-refractivity contribution is 0.787. The second-order valence-corrected chi connectivity index (χ2v) is 7.21. The van der Waals surface area contributed by atoms with Crippen molar-refractivity contribution in [3.8, 4) is 0 Å². The van der Waals surface area contributed by atoms with Crippen molar-refractivity contribution in [2.24, 2.45) is 4.99 Å². The Kier molecular flexibility index (Phi) is 5.69. The fourth-order valence-corrected chi connectivity index (χ4v) is 3.34. The lowest BCUT2D eigenvalue weighted by atomic mass is 10.2. The normalized spacial score (nSPS) is 12.0. The van der Waals surface area contributed by atoms with E-state index < -0.39 is 0 Å². The average Bonchev–Trinajstić information content (AvgIpc) is 3.08. The highest BCUT2D eigenvalue weighted by atomic mass is 32.1. The van der Waals surface area contributed by atoms with Crippen LogP contribution in [0.25, 0.3) is 0 Å². The summed E-state index contributed by atoms with van der Waals surface area (Å²) in [5, 5.41) is 10.9. The molecule has 0 unspecified atom stereocenters. The van der Waals surface area contributed by atoms with Gasteiger partial charge >= 0.3 is 0 Å². The van der Waals surface area contributed by atoms with Gasteiger partial charge in [0.15, 0.2) is 5.96 Å². The van der Waals surface area contributed by atoms with Gasteiger partial charge in [0.2, 0.25) is 0 Å². The quantitative estimate of drug-likeness (QED) is 0.656. The Hall–Kier alpha value is -1.47. The molecule has 2 N–H and O–H groups in total. The van der Waals surface area contributed by atoms with Crippen molar-refractivity contribution in [1.29, 1.82) is 0 Å². The predicted molar refractivity (Wildman–Crippen MR) is 90.1 cm³/mol. The second-order valence-electron chi connectivity index (χ2n) is 4.95. The molecule has 0 radical (unpaired) electrons. The summed E-state index contributed by atoms with van der Waals surface area (Å²) < 4.78 is 0. The highest BCUT2D eigenvalue weighted by Crippen LogP contribution is 2.17. The Morgan fingerprint density at radius 1 is 1.33 bits per heavy atom. The number of hydrogen-bond acceptors (Lipinski definition) is 5. The Balaban J connectivity index is 1.82. The fourth-order valence-electron chi connectivity index (χ4n) is 1.71. The molecule has 0 atom stereocenters. The molecule has 0 saturated carbocycles. The number of aromatic nitrogens is 2. The topological polar surface area (TPSA) is 62.2 Å². The monoisotopic (exact) mass is 323 g/mol. The maximum atomic E-state index is 4.60. The molecule has 0 fully saturated rings. The van der Waals surface area contributed by atoms with E-state index in [4.69, 9.17) is 0 Å². The van der Waals surface area contributed by atoms with Crippen LogP contribution in [0.1, 0.15) is 40.4 Å². The van der Waals surface area contributed by atoms with Crippen LogP contribution in [-0.2, 0) is 13.1 Å². The Labute approximate surface area is 133 Å². The highest BCUT2D eigenvalue weighted by molar-refractivity contribution is 7.11. The number of guanidine groups is 1. The standard InChI is InChI=1S/C14H21N5S2/c1-9(2)12-8-20-13(19-12)7-18-14(15-4)17-6-11-5-16-10(3)21-11/h5,8-9H,6-7H2,1-4H3,(H2,15,17,18). The summed E-state index contributed by atoms with van der Waals surface area (Å²) >= 11 is 3.38. The third-order valence-electron chi connectivity index (χ3n) is 2.89. The van der Waals surface area contributed by atoms with Gasteiger partial charge in [-0.15, -0.1) is 22.7 Å². The second kappa shape index (κ2) is 7.51. The van der Waals surface area contributed by atoms with Gasteiger partial charge in [0.1, 0.15) is 5.01 Å². The Bertz CT molecular complexity index is 600. The van der Waals surface area contributed by atoms with Crippen molar-refractivity contribution < 1.29 is 0 Å². The fraction of sp³-hybridized carbons (Fsp3) is 0.500. The molecule has 2 aromatic rings. The molecule has 2 aromatic heterocycles. The summed E-state index contributed by atoms with van der Waals surface area (Å²) in [6.45, 7) is 7.75. The van der Waals surface area contributed by atoms with E-state index in [1.54, 1.807) is 29.7 Å². The number of aryl methyl sites for hydroxylation is 1. The highest BCUT2D eigenvalue weighted by Gasteiger charge is 2.06. The molecule has 2 heterocycles. The van der Waals surface area contributed by atoms with Gasteiger partial charge in [-0.05, 0) is 12.8 Å². The first kappa shape index (κ1) is 15.9. The summed E-state index contributed by atoms with van der Waals surface area (Å²) in [4.78, 5) is 14.3. The first-order chi connectivity index (χ1) is 10.1. The van der Waals surface area contributed by atoms with E-state index in [-0.39, 0.29) is 0 Å². The lowest BCUT2D eigenvalue weighted by Gasteiger charge is -2.09. The largest absolute Gasteiger partial charge is 0.351 e. The minimum absolute atomic E-state index is 0.474. The molecule has 0 spiro atoms. The van der Waals surface area contributed by atoms with Crippen LogP contribution in [0.5, 0.6) is 0 Å². The van der Waals surface area contributed by atoms with Gasteiger partial charge in [-0.1, -0.05) is 13.8 Å². The molecule has 0 saturated heterocycles. The van der Waals surface area contributed by atoms with Crippen LogP contribution < -0.4 is 10.6 Å². The molecule has 114 valence electrons. The SMILES string of the molecule is CN=C(NCc1cnc(C)s1)NCc1nc(C(C)C)cs1. The summed E-state index contributed by atoms with van der Waals surface area (Å²) in [5.41, 5.74) is 1.15. The van der Waals surface area contributed by atoms with Crippen LogP contribution in [-0.4, -0.2) is 23.0 Å². The summed E-state index contributed by atoms with van der Waals surface area (Å²) in [7, 11) is 1.77. The van der Waals surface area contributed by atoms with Crippen LogP contribution in [0.15, 0.2) is 16.6 Å². The average molecular weight is 323 g/mol. The van der Waals surface area contributed by atoms with Gasteiger partial charge in [-0.2, -0.15) is 0 Å². The van der Waals surface area contributed by atoms with Crippen LogP contribution in [0.4, 0.5) is 0 Å². The number of rotatable bonds is 5. The van der Waals surface area contributed by atoms with Gasteiger partial charge < -0.3 is 10.6 Å². The van der Waals surface area contributed by atoms with E-state index >= 15 is 0 Å². The minimum Gasteiger partial charge on any atom is -0.351 e. The molecule has 7 heteroatoms. The van der Waals surface area contributed by atoms with Crippen molar-refractivity contribution in [2.45, 2.75) is 39.8 Å². The molecule has 5 nitrogen and oxygen atoms in total. The van der Waals surface area contributed by atoms with Gasteiger partial charge in [0, 0.05) is 23.5 Å². The number of hydrogen-bond donors (Lipinski definition) is 2.